The molecule has 0 saturated carbocycles. The number of fused-ring (bicyclic) bond motifs is 1. The van der Waals surface area contributed by atoms with Crippen molar-refractivity contribution in [2.45, 2.75) is 19.4 Å². The minimum atomic E-state index is 0.486. The molecule has 0 fully saturated rings. The van der Waals surface area contributed by atoms with E-state index >= 15 is 0 Å². The van der Waals surface area contributed by atoms with E-state index < -0.39 is 0 Å². The molecule has 1 aliphatic heterocycles. The van der Waals surface area contributed by atoms with Gasteiger partial charge in [-0.2, -0.15) is 0 Å². The van der Waals surface area contributed by atoms with Crippen molar-refractivity contribution in [2.75, 3.05) is 17.2 Å². The van der Waals surface area contributed by atoms with E-state index in [1.54, 1.807) is 11.3 Å². The fourth-order valence-corrected chi connectivity index (χ4v) is 2.93. The normalized spacial score (nSPS) is 18.1. The van der Waals surface area contributed by atoms with E-state index in [-0.39, 0.29) is 0 Å². The summed E-state index contributed by atoms with van der Waals surface area (Å²) < 4.78 is 0. The van der Waals surface area contributed by atoms with Crippen LogP contribution >= 0.6 is 11.3 Å². The maximum atomic E-state index is 3.59. The summed E-state index contributed by atoms with van der Waals surface area (Å²) in [5.41, 5.74) is 5.21. The minimum absolute atomic E-state index is 0.486. The summed E-state index contributed by atoms with van der Waals surface area (Å²) in [6.45, 7) is 3.12. The molecular formula is C14H16N2S. The second kappa shape index (κ2) is 4.41. The first-order valence-corrected chi connectivity index (χ1v) is 6.88. The zero-order valence-corrected chi connectivity index (χ0v) is 10.7. The number of anilines is 2. The lowest BCUT2D eigenvalue weighted by molar-refractivity contribution is 0.735. The Hall–Kier alpha value is -1.48. The average Bonchev–Trinajstić information content (AvgIpc) is 2.79. The van der Waals surface area contributed by atoms with Crippen LogP contribution < -0.4 is 10.6 Å². The Morgan fingerprint density at radius 2 is 1.94 bits per heavy atom. The molecule has 88 valence electrons. The topological polar surface area (TPSA) is 24.1 Å². The predicted molar refractivity (Wildman–Crippen MR) is 75.1 cm³/mol. The van der Waals surface area contributed by atoms with Crippen LogP contribution in [-0.4, -0.2) is 12.6 Å². The molecule has 1 atom stereocenters. The van der Waals surface area contributed by atoms with Gasteiger partial charge in [0.2, 0.25) is 0 Å². The highest BCUT2D eigenvalue weighted by molar-refractivity contribution is 7.09. The third-order valence-corrected chi connectivity index (χ3v) is 3.91. The zero-order valence-electron chi connectivity index (χ0n) is 9.86. The van der Waals surface area contributed by atoms with E-state index in [4.69, 9.17) is 0 Å². The molecule has 0 radical (unpaired) electrons. The van der Waals surface area contributed by atoms with Crippen LogP contribution in [0.25, 0.3) is 0 Å². The lowest BCUT2D eigenvalue weighted by Crippen LogP contribution is -2.34. The highest BCUT2D eigenvalue weighted by Gasteiger charge is 2.17. The Labute approximate surface area is 106 Å². The molecule has 17 heavy (non-hydrogen) atoms. The van der Waals surface area contributed by atoms with Gasteiger partial charge in [0, 0.05) is 23.3 Å². The fourth-order valence-electron chi connectivity index (χ4n) is 2.18. The van der Waals surface area contributed by atoms with Gasteiger partial charge in [-0.05, 0) is 18.9 Å². The molecular weight excluding hydrogens is 228 g/mol. The molecule has 0 aliphatic carbocycles. The maximum Gasteiger partial charge on any atom is 0.0687 e. The van der Waals surface area contributed by atoms with Crippen LogP contribution in [0.15, 0.2) is 35.0 Å². The van der Waals surface area contributed by atoms with Gasteiger partial charge in [0.15, 0.2) is 0 Å². The lowest BCUT2D eigenvalue weighted by Gasteiger charge is -2.26. The molecule has 1 aliphatic rings. The van der Waals surface area contributed by atoms with Crippen LogP contribution in [0, 0.1) is 6.92 Å². The summed E-state index contributed by atoms with van der Waals surface area (Å²) in [7, 11) is 0. The maximum absolute atomic E-state index is 3.59. The van der Waals surface area contributed by atoms with E-state index in [1.165, 1.54) is 22.5 Å². The molecule has 2 nitrogen and oxygen atoms in total. The molecule has 0 spiro atoms. The first-order chi connectivity index (χ1) is 8.31. The van der Waals surface area contributed by atoms with Crippen LogP contribution in [0.4, 0.5) is 11.4 Å². The largest absolute Gasteiger partial charge is 0.381 e. The molecule has 0 saturated heterocycles. The van der Waals surface area contributed by atoms with Crippen molar-refractivity contribution in [3.8, 4) is 0 Å². The van der Waals surface area contributed by atoms with Crippen LogP contribution in [0.5, 0.6) is 0 Å². The summed E-state index contributed by atoms with van der Waals surface area (Å²) in [6.07, 6.45) is 1.07. The second-order valence-corrected chi connectivity index (χ2v) is 5.35. The SMILES string of the molecule is Cc1ccc(CC2CNc3cscc3N2)cc1. The molecule has 1 unspecified atom stereocenters. The summed E-state index contributed by atoms with van der Waals surface area (Å²) >= 11 is 1.74. The van der Waals surface area contributed by atoms with Gasteiger partial charge in [0.1, 0.15) is 0 Å². The standard InChI is InChI=1S/C14H16N2S/c1-10-2-4-11(5-3-10)6-12-7-15-13-8-17-9-14(13)16-12/h2-5,8-9,12,15-16H,6-7H2,1H3. The molecule has 2 N–H and O–H groups in total. The first-order valence-electron chi connectivity index (χ1n) is 5.93. The van der Waals surface area contributed by atoms with Gasteiger partial charge in [0.25, 0.3) is 0 Å². The van der Waals surface area contributed by atoms with Crippen LogP contribution in [0.1, 0.15) is 11.1 Å². The van der Waals surface area contributed by atoms with E-state index in [1.807, 2.05) is 0 Å². The molecule has 2 heterocycles. The number of nitrogens with one attached hydrogen (secondary N) is 2. The highest BCUT2D eigenvalue weighted by Crippen LogP contribution is 2.30. The molecule has 0 amide bonds. The van der Waals surface area contributed by atoms with Crippen LogP contribution in [0.2, 0.25) is 0 Å². The van der Waals surface area contributed by atoms with E-state index in [9.17, 15) is 0 Å². The number of aryl methyl sites for hydroxylation is 1. The number of benzene rings is 1. The number of hydrogen-bond donors (Lipinski definition) is 2. The fraction of sp³-hybridized carbons (Fsp3) is 0.286. The monoisotopic (exact) mass is 244 g/mol. The molecule has 1 aromatic carbocycles. The molecule has 1 aromatic heterocycles. The molecule has 0 bridgehead atoms. The smallest absolute Gasteiger partial charge is 0.0687 e. The van der Waals surface area contributed by atoms with Crippen molar-refractivity contribution < 1.29 is 0 Å². The van der Waals surface area contributed by atoms with Crippen molar-refractivity contribution in [1.29, 1.82) is 0 Å². The highest BCUT2D eigenvalue weighted by atomic mass is 32.1. The lowest BCUT2D eigenvalue weighted by atomic mass is 10.0. The van der Waals surface area contributed by atoms with Gasteiger partial charge >= 0.3 is 0 Å². The number of hydrogen-bond acceptors (Lipinski definition) is 3. The second-order valence-electron chi connectivity index (χ2n) is 4.61. The first kappa shape index (κ1) is 10.7. The Morgan fingerprint density at radius 1 is 1.18 bits per heavy atom. The Bertz CT molecular complexity index is 501. The number of rotatable bonds is 2. The quantitative estimate of drug-likeness (QED) is 0.845. The van der Waals surface area contributed by atoms with E-state index in [0.717, 1.165) is 13.0 Å². The van der Waals surface area contributed by atoms with Gasteiger partial charge in [-0.15, -0.1) is 11.3 Å². The van der Waals surface area contributed by atoms with Gasteiger partial charge in [0.05, 0.1) is 11.4 Å². The van der Waals surface area contributed by atoms with Gasteiger partial charge < -0.3 is 10.6 Å². The third-order valence-electron chi connectivity index (χ3n) is 3.16. The number of thiophene rings is 1. The summed E-state index contributed by atoms with van der Waals surface area (Å²) in [5, 5.41) is 11.4. The van der Waals surface area contributed by atoms with Crippen molar-refractivity contribution >= 4 is 22.7 Å². The predicted octanol–water partition coefficient (Wildman–Crippen LogP) is 3.51. The van der Waals surface area contributed by atoms with Gasteiger partial charge in [-0.25, -0.2) is 0 Å². The third kappa shape index (κ3) is 2.29. The van der Waals surface area contributed by atoms with Crippen molar-refractivity contribution in [2.24, 2.45) is 0 Å². The van der Waals surface area contributed by atoms with E-state index in [2.05, 4.69) is 52.6 Å². The minimum Gasteiger partial charge on any atom is -0.381 e. The van der Waals surface area contributed by atoms with Gasteiger partial charge in [-0.1, -0.05) is 29.8 Å². The van der Waals surface area contributed by atoms with Crippen molar-refractivity contribution in [3.05, 3.63) is 46.2 Å². The summed E-state index contributed by atoms with van der Waals surface area (Å²) in [5.74, 6) is 0. The molecule has 2 aromatic rings. The molecule has 3 heteroatoms. The Kier molecular flexibility index (Phi) is 2.77. The summed E-state index contributed by atoms with van der Waals surface area (Å²) in [4.78, 5) is 0. The zero-order chi connectivity index (χ0) is 11.7. The summed E-state index contributed by atoms with van der Waals surface area (Å²) in [6, 6.07) is 9.29. The van der Waals surface area contributed by atoms with Crippen LogP contribution in [0.3, 0.4) is 0 Å². The Morgan fingerprint density at radius 3 is 2.76 bits per heavy atom. The van der Waals surface area contributed by atoms with E-state index in [0.29, 0.717) is 6.04 Å². The Balaban J connectivity index is 1.69. The molecule has 3 rings (SSSR count). The van der Waals surface area contributed by atoms with Gasteiger partial charge in [-0.3, -0.25) is 0 Å². The van der Waals surface area contributed by atoms with Crippen molar-refractivity contribution in [3.63, 3.8) is 0 Å². The van der Waals surface area contributed by atoms with Crippen molar-refractivity contribution in [1.82, 2.24) is 0 Å². The average molecular weight is 244 g/mol. The van der Waals surface area contributed by atoms with Crippen LogP contribution in [-0.2, 0) is 6.42 Å².